The van der Waals surface area contributed by atoms with Crippen LogP contribution in [-0.4, -0.2) is 19.9 Å². The number of rotatable bonds is 5. The Labute approximate surface area is 129 Å². The number of amides is 1. The van der Waals surface area contributed by atoms with Gasteiger partial charge in [0.25, 0.3) is 15.0 Å². The number of carbonyl (C=O) groups is 1. The Kier molecular flexibility index (Phi) is 5.39. The van der Waals surface area contributed by atoms with Crippen molar-refractivity contribution in [1.29, 1.82) is 0 Å². The molecule has 0 atom stereocenters. The van der Waals surface area contributed by atoms with Crippen LogP contribution in [0.3, 0.4) is 0 Å². The van der Waals surface area contributed by atoms with Crippen LogP contribution < -0.4 is 5.32 Å². The first-order valence-electron chi connectivity index (χ1n) is 6.55. The van der Waals surface area contributed by atoms with Crippen LogP contribution in [0.25, 0.3) is 0 Å². The van der Waals surface area contributed by atoms with Crippen molar-refractivity contribution in [3.8, 4) is 0 Å². The van der Waals surface area contributed by atoms with Crippen molar-refractivity contribution in [2.24, 2.45) is 0 Å². The van der Waals surface area contributed by atoms with E-state index in [0.29, 0.717) is 0 Å². The fourth-order valence-corrected chi connectivity index (χ4v) is 3.32. The molecular weight excluding hydrogens is 317 g/mol. The van der Waals surface area contributed by atoms with E-state index in [1.54, 1.807) is 0 Å². The van der Waals surface area contributed by atoms with Gasteiger partial charge in [-0.1, -0.05) is 13.3 Å². The highest BCUT2D eigenvalue weighted by Crippen LogP contribution is 2.24. The van der Waals surface area contributed by atoms with Gasteiger partial charge in [-0.25, -0.2) is 12.8 Å². The summed E-state index contributed by atoms with van der Waals surface area (Å²) in [5.41, 5.74) is -0.636. The molecule has 0 radical (unpaired) electrons. The second-order valence-electron chi connectivity index (χ2n) is 5.61. The Bertz CT molecular complexity index is 656. The molecule has 0 aromatic heterocycles. The van der Waals surface area contributed by atoms with Gasteiger partial charge in [0, 0.05) is 27.3 Å². The molecule has 0 heterocycles. The number of carbonyl (C=O) groups excluding carboxylic acids is 1. The van der Waals surface area contributed by atoms with Crippen molar-refractivity contribution in [3.63, 3.8) is 0 Å². The lowest BCUT2D eigenvalue weighted by Gasteiger charge is -2.26. The van der Waals surface area contributed by atoms with E-state index in [-0.39, 0.29) is 16.0 Å². The number of benzene rings is 1. The third-order valence-corrected chi connectivity index (χ3v) is 4.60. The van der Waals surface area contributed by atoms with E-state index in [0.717, 1.165) is 25.0 Å². The molecule has 4 nitrogen and oxygen atoms in total. The lowest BCUT2D eigenvalue weighted by Crippen LogP contribution is -2.43. The normalized spacial score (nSPS) is 12.3. The molecule has 1 rings (SSSR count). The van der Waals surface area contributed by atoms with Crippen LogP contribution in [-0.2, 0) is 9.05 Å². The van der Waals surface area contributed by atoms with Crippen LogP contribution in [0.5, 0.6) is 0 Å². The predicted molar refractivity (Wildman–Crippen MR) is 80.6 cm³/mol. The Hall–Kier alpha value is -1.14. The summed E-state index contributed by atoms with van der Waals surface area (Å²) in [6, 6.07) is 2.11. The second-order valence-corrected chi connectivity index (χ2v) is 8.14. The smallest absolute Gasteiger partial charge is 0.261 e. The highest BCUT2D eigenvalue weighted by molar-refractivity contribution is 8.13. The van der Waals surface area contributed by atoms with Gasteiger partial charge < -0.3 is 5.32 Å². The summed E-state index contributed by atoms with van der Waals surface area (Å²) < 4.78 is 36.7. The first-order chi connectivity index (χ1) is 9.48. The molecule has 0 unspecified atom stereocenters. The maximum absolute atomic E-state index is 13.8. The monoisotopic (exact) mass is 335 g/mol. The lowest BCUT2D eigenvalue weighted by atomic mass is 9.98. The van der Waals surface area contributed by atoms with Crippen LogP contribution in [0.4, 0.5) is 4.39 Å². The number of hydrogen-bond acceptors (Lipinski definition) is 3. The quantitative estimate of drug-likeness (QED) is 0.839. The summed E-state index contributed by atoms with van der Waals surface area (Å²) in [5.74, 6) is -1.32. The standard InChI is InChI=1S/C14H19ClFNO3S/c1-5-6-14(3,4)17-13(18)10-7-11(16)9(2)12(8-10)21(15,19)20/h7-8H,5-6H2,1-4H3,(H,17,18). The topological polar surface area (TPSA) is 63.2 Å². The second kappa shape index (κ2) is 6.32. The van der Waals surface area contributed by atoms with Gasteiger partial charge >= 0.3 is 0 Å². The molecule has 118 valence electrons. The van der Waals surface area contributed by atoms with Crippen molar-refractivity contribution in [2.45, 2.75) is 51.0 Å². The first-order valence-corrected chi connectivity index (χ1v) is 8.86. The minimum Gasteiger partial charge on any atom is -0.347 e. The first kappa shape index (κ1) is 17.9. The fourth-order valence-electron chi connectivity index (χ4n) is 2.10. The van der Waals surface area contributed by atoms with E-state index in [1.165, 1.54) is 6.92 Å². The van der Waals surface area contributed by atoms with E-state index in [9.17, 15) is 17.6 Å². The minimum atomic E-state index is -4.11. The van der Waals surface area contributed by atoms with E-state index in [2.05, 4.69) is 5.32 Å². The number of nitrogens with one attached hydrogen (secondary N) is 1. The molecule has 1 aromatic rings. The van der Waals surface area contributed by atoms with Gasteiger partial charge in [-0.2, -0.15) is 0 Å². The maximum Gasteiger partial charge on any atom is 0.261 e. The van der Waals surface area contributed by atoms with Crippen LogP contribution >= 0.6 is 10.7 Å². The molecule has 0 bridgehead atoms. The molecule has 0 fully saturated rings. The number of halogens is 2. The van der Waals surface area contributed by atoms with Crippen molar-refractivity contribution >= 4 is 25.6 Å². The van der Waals surface area contributed by atoms with E-state index in [4.69, 9.17) is 10.7 Å². The molecule has 1 amide bonds. The average Bonchev–Trinajstić information content (AvgIpc) is 2.29. The molecule has 0 aliphatic carbocycles. The Morgan fingerprint density at radius 3 is 2.43 bits per heavy atom. The summed E-state index contributed by atoms with van der Waals surface area (Å²) in [5, 5.41) is 2.76. The van der Waals surface area contributed by atoms with Gasteiger partial charge in [0.1, 0.15) is 5.82 Å². The predicted octanol–water partition coefficient (Wildman–Crippen LogP) is 3.37. The zero-order valence-corrected chi connectivity index (χ0v) is 14.0. The van der Waals surface area contributed by atoms with Crippen molar-refractivity contribution in [2.75, 3.05) is 0 Å². The largest absolute Gasteiger partial charge is 0.347 e. The van der Waals surface area contributed by atoms with Crippen LogP contribution in [0.2, 0.25) is 0 Å². The van der Waals surface area contributed by atoms with Crippen LogP contribution in [0.1, 0.15) is 49.5 Å². The van der Waals surface area contributed by atoms with Crippen LogP contribution in [0, 0.1) is 12.7 Å². The SMILES string of the molecule is CCCC(C)(C)NC(=O)c1cc(F)c(C)c(S(=O)(=O)Cl)c1. The van der Waals surface area contributed by atoms with Gasteiger partial charge in [0.05, 0.1) is 4.90 Å². The minimum absolute atomic E-state index is 0.0681. The van der Waals surface area contributed by atoms with Crippen molar-refractivity contribution in [1.82, 2.24) is 5.32 Å². The summed E-state index contributed by atoms with van der Waals surface area (Å²) in [6.45, 7) is 6.97. The zero-order valence-electron chi connectivity index (χ0n) is 12.5. The molecule has 1 N–H and O–H groups in total. The molecule has 21 heavy (non-hydrogen) atoms. The molecule has 1 aromatic carbocycles. The van der Waals surface area contributed by atoms with Crippen LogP contribution in [0.15, 0.2) is 17.0 Å². The molecule has 0 saturated carbocycles. The van der Waals surface area contributed by atoms with Gasteiger partial charge in [0.2, 0.25) is 0 Å². The Balaban J connectivity index is 3.21. The van der Waals surface area contributed by atoms with Crippen molar-refractivity contribution < 1.29 is 17.6 Å². The molecular formula is C14H19ClFNO3S. The summed E-state index contributed by atoms with van der Waals surface area (Å²) in [4.78, 5) is 11.8. The third kappa shape index (κ3) is 4.68. The molecule has 7 heteroatoms. The summed E-state index contributed by atoms with van der Waals surface area (Å²) in [7, 11) is 1.16. The summed E-state index contributed by atoms with van der Waals surface area (Å²) in [6.07, 6.45) is 1.62. The summed E-state index contributed by atoms with van der Waals surface area (Å²) >= 11 is 0. The van der Waals surface area contributed by atoms with E-state index >= 15 is 0 Å². The molecule has 0 aliphatic rings. The fraction of sp³-hybridized carbons (Fsp3) is 0.500. The van der Waals surface area contributed by atoms with Gasteiger partial charge in [-0.3, -0.25) is 4.79 Å². The Morgan fingerprint density at radius 1 is 1.38 bits per heavy atom. The van der Waals surface area contributed by atoms with E-state index < -0.39 is 26.3 Å². The van der Waals surface area contributed by atoms with E-state index in [1.807, 2.05) is 20.8 Å². The zero-order chi connectivity index (χ0) is 16.4. The third-order valence-electron chi connectivity index (χ3n) is 3.15. The maximum atomic E-state index is 13.8. The highest BCUT2D eigenvalue weighted by Gasteiger charge is 2.24. The molecule has 0 aliphatic heterocycles. The molecule has 0 spiro atoms. The highest BCUT2D eigenvalue weighted by atomic mass is 35.7. The van der Waals surface area contributed by atoms with Gasteiger partial charge in [0.15, 0.2) is 0 Å². The lowest BCUT2D eigenvalue weighted by molar-refractivity contribution is 0.0908. The molecule has 0 saturated heterocycles. The average molecular weight is 336 g/mol. The van der Waals surface area contributed by atoms with Gasteiger partial charge in [-0.05, 0) is 39.3 Å². The van der Waals surface area contributed by atoms with Gasteiger partial charge in [-0.15, -0.1) is 0 Å². The Morgan fingerprint density at radius 2 is 1.95 bits per heavy atom. The number of hydrogen-bond donors (Lipinski definition) is 1. The van der Waals surface area contributed by atoms with Crippen molar-refractivity contribution in [3.05, 3.63) is 29.1 Å².